The zero-order chi connectivity index (χ0) is 16.2. The van der Waals surface area contributed by atoms with Gasteiger partial charge in [0, 0.05) is 25.2 Å². The summed E-state index contributed by atoms with van der Waals surface area (Å²) in [6, 6.07) is 0. The maximum atomic E-state index is 12.0. The van der Waals surface area contributed by atoms with Crippen molar-refractivity contribution >= 4 is 34.7 Å². The third-order valence-corrected chi connectivity index (χ3v) is 3.89. The third kappa shape index (κ3) is 4.45. The summed E-state index contributed by atoms with van der Waals surface area (Å²) in [7, 11) is 0. The Morgan fingerprint density at radius 3 is 2.38 bits per heavy atom. The summed E-state index contributed by atoms with van der Waals surface area (Å²) in [5.74, 6) is -1.47. The van der Waals surface area contributed by atoms with Crippen LogP contribution in [0, 0.1) is 0 Å². The summed E-state index contributed by atoms with van der Waals surface area (Å²) >= 11 is 0.940. The Bertz CT molecular complexity index is 443. The zero-order valence-corrected chi connectivity index (χ0v) is 13.6. The molecule has 1 fully saturated rings. The van der Waals surface area contributed by atoms with Crippen molar-refractivity contribution in [1.29, 1.82) is 0 Å². The number of imide groups is 1. The van der Waals surface area contributed by atoms with Crippen LogP contribution in [0.4, 0.5) is 4.79 Å². The molecule has 1 saturated heterocycles. The minimum atomic E-state index is -0.724. The van der Waals surface area contributed by atoms with Crippen molar-refractivity contribution in [3.8, 4) is 0 Å². The van der Waals surface area contributed by atoms with Gasteiger partial charge in [-0.05, 0) is 27.7 Å². The van der Waals surface area contributed by atoms with Gasteiger partial charge in [0.1, 0.15) is 0 Å². The predicted octanol–water partition coefficient (Wildman–Crippen LogP) is 0.445. The smallest absolute Gasteiger partial charge is 0.312 e. The number of thioether (sulfide) groups is 1. The van der Waals surface area contributed by atoms with E-state index in [4.69, 9.17) is 0 Å². The summed E-state index contributed by atoms with van der Waals surface area (Å²) in [4.78, 5) is 49.1. The number of hydrogen-bond acceptors (Lipinski definition) is 5. The van der Waals surface area contributed by atoms with Crippen LogP contribution in [0.5, 0.6) is 0 Å². The highest BCUT2D eigenvalue weighted by Gasteiger charge is 2.31. The molecule has 0 bridgehead atoms. The summed E-state index contributed by atoms with van der Waals surface area (Å²) < 4.78 is 0. The number of likely N-dealkylation sites (N-methyl/N-ethyl adjacent to an activating group) is 1. The maximum Gasteiger partial charge on any atom is 0.312 e. The van der Waals surface area contributed by atoms with Crippen molar-refractivity contribution in [1.82, 2.24) is 15.1 Å². The Kier molecular flexibility index (Phi) is 5.77. The van der Waals surface area contributed by atoms with Crippen molar-refractivity contribution in [2.75, 3.05) is 25.4 Å². The van der Waals surface area contributed by atoms with Gasteiger partial charge < -0.3 is 10.2 Å². The summed E-state index contributed by atoms with van der Waals surface area (Å²) in [5.41, 5.74) is -0.444. The van der Waals surface area contributed by atoms with Crippen LogP contribution in [0.1, 0.15) is 27.7 Å². The molecule has 0 aromatic carbocycles. The third-order valence-electron chi connectivity index (χ3n) is 3.03. The van der Waals surface area contributed by atoms with E-state index in [1.165, 1.54) is 4.90 Å². The van der Waals surface area contributed by atoms with Gasteiger partial charge in [-0.2, -0.15) is 0 Å². The van der Waals surface area contributed by atoms with Gasteiger partial charge in [0.15, 0.2) is 0 Å². The quantitative estimate of drug-likeness (QED) is 0.761. The van der Waals surface area contributed by atoms with Gasteiger partial charge in [-0.1, -0.05) is 11.8 Å². The number of rotatable bonds is 4. The molecule has 7 nitrogen and oxygen atoms in total. The fourth-order valence-corrected chi connectivity index (χ4v) is 2.75. The molecule has 21 heavy (non-hydrogen) atoms. The second-order valence-electron chi connectivity index (χ2n) is 5.58. The topological polar surface area (TPSA) is 86.8 Å². The molecular weight excluding hydrogens is 294 g/mol. The lowest BCUT2D eigenvalue weighted by Crippen LogP contribution is -2.52. The van der Waals surface area contributed by atoms with Crippen LogP contribution in [0.3, 0.4) is 0 Å². The van der Waals surface area contributed by atoms with Crippen LogP contribution in [0.25, 0.3) is 0 Å². The lowest BCUT2D eigenvalue weighted by Gasteiger charge is -2.34. The minimum Gasteiger partial charge on any atom is -0.346 e. The van der Waals surface area contributed by atoms with Gasteiger partial charge in [-0.15, -0.1) is 0 Å². The number of carbonyl (C=O) groups excluding carboxylic acids is 4. The molecule has 0 radical (unpaired) electrons. The van der Waals surface area contributed by atoms with E-state index in [-0.39, 0.29) is 30.0 Å². The lowest BCUT2D eigenvalue weighted by molar-refractivity contribution is -0.148. The normalized spacial score (nSPS) is 15.3. The van der Waals surface area contributed by atoms with E-state index in [1.807, 2.05) is 20.8 Å². The van der Waals surface area contributed by atoms with Crippen molar-refractivity contribution in [3.05, 3.63) is 0 Å². The molecule has 0 unspecified atom stereocenters. The molecule has 1 rings (SSSR count). The van der Waals surface area contributed by atoms with Crippen molar-refractivity contribution < 1.29 is 19.2 Å². The monoisotopic (exact) mass is 315 g/mol. The van der Waals surface area contributed by atoms with E-state index >= 15 is 0 Å². The highest BCUT2D eigenvalue weighted by Crippen LogP contribution is 2.17. The first kappa shape index (κ1) is 17.5. The second kappa shape index (κ2) is 6.93. The van der Waals surface area contributed by atoms with Crippen LogP contribution < -0.4 is 5.32 Å². The van der Waals surface area contributed by atoms with Crippen molar-refractivity contribution in [3.63, 3.8) is 0 Å². The Morgan fingerprint density at radius 1 is 1.33 bits per heavy atom. The predicted molar refractivity (Wildman–Crippen MR) is 79.7 cm³/mol. The average molecular weight is 315 g/mol. The minimum absolute atomic E-state index is 0.0737. The molecular formula is C13H21N3O4S. The first-order valence-electron chi connectivity index (χ1n) is 6.75. The fraction of sp³-hybridized carbons (Fsp3) is 0.692. The lowest BCUT2D eigenvalue weighted by atomic mass is 10.1. The molecule has 8 heteroatoms. The highest BCUT2D eigenvalue weighted by molar-refractivity contribution is 8.14. The first-order chi connectivity index (χ1) is 9.68. The van der Waals surface area contributed by atoms with Crippen molar-refractivity contribution in [2.45, 2.75) is 33.2 Å². The van der Waals surface area contributed by atoms with Gasteiger partial charge in [0.2, 0.25) is 5.91 Å². The van der Waals surface area contributed by atoms with Crippen LogP contribution in [-0.2, 0) is 14.4 Å². The van der Waals surface area contributed by atoms with E-state index in [0.717, 1.165) is 16.7 Å². The van der Waals surface area contributed by atoms with Gasteiger partial charge in [-0.3, -0.25) is 24.1 Å². The molecule has 0 atom stereocenters. The molecule has 0 spiro atoms. The molecule has 0 saturated carbocycles. The summed E-state index contributed by atoms with van der Waals surface area (Å²) in [6.07, 6.45) is 0. The van der Waals surface area contributed by atoms with Gasteiger partial charge in [-0.25, -0.2) is 0 Å². The fourth-order valence-electron chi connectivity index (χ4n) is 2.00. The van der Waals surface area contributed by atoms with E-state index in [2.05, 4.69) is 5.32 Å². The Balaban J connectivity index is 2.48. The van der Waals surface area contributed by atoms with Crippen LogP contribution in [-0.4, -0.2) is 63.7 Å². The van der Waals surface area contributed by atoms with E-state index < -0.39 is 17.4 Å². The Hall–Kier alpha value is -1.57. The molecule has 1 heterocycles. The molecule has 1 N–H and O–H groups in total. The summed E-state index contributed by atoms with van der Waals surface area (Å²) in [6.45, 7) is 7.93. The van der Waals surface area contributed by atoms with Crippen LogP contribution in [0.15, 0.2) is 0 Å². The maximum absolute atomic E-state index is 12.0. The van der Waals surface area contributed by atoms with E-state index in [0.29, 0.717) is 6.54 Å². The van der Waals surface area contributed by atoms with Gasteiger partial charge >= 0.3 is 11.8 Å². The number of amides is 4. The molecule has 0 aromatic heterocycles. The molecule has 0 aliphatic carbocycles. The zero-order valence-electron chi connectivity index (χ0n) is 12.8. The molecule has 4 amide bonds. The van der Waals surface area contributed by atoms with Crippen LogP contribution >= 0.6 is 11.8 Å². The number of carbonyl (C=O) groups is 4. The van der Waals surface area contributed by atoms with Gasteiger partial charge in [0.05, 0.1) is 5.75 Å². The largest absolute Gasteiger partial charge is 0.346 e. The SMILES string of the molecule is CCN(C(=O)C(=O)NCCN1C(=O)CSC1=O)C(C)(C)C. The summed E-state index contributed by atoms with van der Waals surface area (Å²) in [5, 5.41) is 2.14. The highest BCUT2D eigenvalue weighted by atomic mass is 32.2. The Morgan fingerprint density at radius 2 is 1.95 bits per heavy atom. The van der Waals surface area contributed by atoms with Crippen molar-refractivity contribution in [2.24, 2.45) is 0 Å². The molecule has 1 aliphatic heterocycles. The molecule has 118 valence electrons. The first-order valence-corrected chi connectivity index (χ1v) is 7.74. The number of nitrogens with one attached hydrogen (secondary N) is 1. The van der Waals surface area contributed by atoms with Gasteiger partial charge in [0.25, 0.3) is 5.24 Å². The number of hydrogen-bond donors (Lipinski definition) is 1. The number of nitrogens with zero attached hydrogens (tertiary/aromatic N) is 2. The van der Waals surface area contributed by atoms with E-state index in [9.17, 15) is 19.2 Å². The Labute approximate surface area is 128 Å². The molecule has 0 aromatic rings. The van der Waals surface area contributed by atoms with E-state index in [1.54, 1.807) is 6.92 Å². The second-order valence-corrected chi connectivity index (χ2v) is 6.50. The van der Waals surface area contributed by atoms with Crippen LogP contribution in [0.2, 0.25) is 0 Å². The molecule has 1 aliphatic rings. The standard InChI is InChI=1S/C13H21N3O4S/c1-5-16(13(2,3)4)11(19)10(18)14-6-7-15-9(17)8-21-12(15)20/h5-8H2,1-4H3,(H,14,18). The average Bonchev–Trinajstić information content (AvgIpc) is 2.69.